The van der Waals surface area contributed by atoms with E-state index in [1.165, 1.54) is 6.07 Å². The maximum atomic E-state index is 13.0. The normalized spacial score (nSPS) is 11.6. The van der Waals surface area contributed by atoms with Crippen LogP contribution in [-0.2, 0) is 13.2 Å². The molecule has 0 bridgehead atoms. The minimum Gasteiger partial charge on any atom is -0.492 e. The van der Waals surface area contributed by atoms with E-state index in [2.05, 4.69) is 21.2 Å². The molecule has 0 unspecified atom stereocenters. The van der Waals surface area contributed by atoms with Gasteiger partial charge >= 0.3 is 6.18 Å². The summed E-state index contributed by atoms with van der Waals surface area (Å²) in [6.07, 6.45) is -4.52. The first-order chi connectivity index (χ1) is 12.7. The molecule has 27 heavy (non-hydrogen) atoms. The summed E-state index contributed by atoms with van der Waals surface area (Å²) in [5.41, 5.74) is 0.228. The number of hydrogen-bond acceptors (Lipinski definition) is 2. The molecular formula is C19H16BrF3N2O2. The van der Waals surface area contributed by atoms with Crippen molar-refractivity contribution < 1.29 is 22.7 Å². The molecule has 0 aliphatic rings. The lowest BCUT2D eigenvalue weighted by Gasteiger charge is -2.15. The fraction of sp³-hybridized carbons (Fsp3) is 0.211. The molecule has 0 aliphatic carbocycles. The number of rotatable bonds is 4. The second-order valence-corrected chi connectivity index (χ2v) is 6.63. The van der Waals surface area contributed by atoms with Gasteiger partial charge in [0.05, 0.1) is 22.3 Å². The Balaban J connectivity index is 2.03. The Morgan fingerprint density at radius 3 is 2.56 bits per heavy atom. The molecule has 8 heteroatoms. The van der Waals surface area contributed by atoms with Gasteiger partial charge in [-0.25, -0.2) is 0 Å². The van der Waals surface area contributed by atoms with Gasteiger partial charge in [0.15, 0.2) is 0 Å². The van der Waals surface area contributed by atoms with Gasteiger partial charge in [-0.3, -0.25) is 4.79 Å². The molecule has 0 aliphatic heterocycles. The largest absolute Gasteiger partial charge is 0.492 e. The maximum absolute atomic E-state index is 13.0. The lowest BCUT2D eigenvalue weighted by atomic mass is 10.1. The molecule has 0 radical (unpaired) electrons. The number of carbonyl (C=O) groups is 1. The summed E-state index contributed by atoms with van der Waals surface area (Å²) >= 11 is 3.42. The number of halogens is 4. The van der Waals surface area contributed by atoms with Crippen molar-refractivity contribution in [2.75, 3.05) is 11.9 Å². The number of nitrogens with one attached hydrogen (secondary N) is 1. The van der Waals surface area contributed by atoms with Crippen molar-refractivity contribution in [2.45, 2.75) is 13.1 Å². The first-order valence-electron chi connectivity index (χ1n) is 8.12. The molecule has 1 aromatic heterocycles. The summed E-state index contributed by atoms with van der Waals surface area (Å²) in [7, 11) is 1.72. The van der Waals surface area contributed by atoms with Crippen molar-refractivity contribution in [2.24, 2.45) is 7.05 Å². The van der Waals surface area contributed by atoms with Crippen LogP contribution in [0, 0.1) is 0 Å². The van der Waals surface area contributed by atoms with Crippen LogP contribution in [0.25, 0.3) is 10.9 Å². The zero-order chi connectivity index (χ0) is 19.8. The van der Waals surface area contributed by atoms with Crippen molar-refractivity contribution in [1.29, 1.82) is 0 Å². The second kappa shape index (κ2) is 7.26. The highest BCUT2D eigenvalue weighted by Crippen LogP contribution is 2.36. The van der Waals surface area contributed by atoms with Gasteiger partial charge < -0.3 is 14.6 Å². The minimum atomic E-state index is -4.52. The lowest BCUT2D eigenvalue weighted by molar-refractivity contribution is -0.137. The van der Waals surface area contributed by atoms with Gasteiger partial charge in [-0.2, -0.15) is 13.2 Å². The van der Waals surface area contributed by atoms with E-state index in [9.17, 15) is 18.0 Å². The van der Waals surface area contributed by atoms with Crippen LogP contribution >= 0.6 is 15.9 Å². The van der Waals surface area contributed by atoms with Crippen LogP contribution in [0.2, 0.25) is 0 Å². The first-order valence-corrected chi connectivity index (χ1v) is 8.91. The van der Waals surface area contributed by atoms with Crippen LogP contribution in [0.1, 0.15) is 23.0 Å². The van der Waals surface area contributed by atoms with E-state index in [4.69, 9.17) is 4.74 Å². The number of anilines is 1. The van der Waals surface area contributed by atoms with Crippen LogP contribution in [0.5, 0.6) is 5.75 Å². The summed E-state index contributed by atoms with van der Waals surface area (Å²) in [6, 6.07) is 10.4. The number of aryl methyl sites for hydroxylation is 1. The number of carbonyl (C=O) groups excluding carboxylic acids is 1. The Hall–Kier alpha value is -2.48. The Morgan fingerprint density at radius 1 is 1.22 bits per heavy atom. The van der Waals surface area contributed by atoms with Gasteiger partial charge in [0.25, 0.3) is 5.91 Å². The molecule has 2 aromatic carbocycles. The standard InChI is InChI=1S/C19H16BrF3N2O2/c1-3-27-15-9-8-11(19(21,22)23)10-13(15)24-18(26)17-16(20)12-6-4-5-7-14(12)25(17)2/h4-10H,3H2,1-2H3,(H,24,26). The summed E-state index contributed by atoms with van der Waals surface area (Å²) < 4.78 is 46.8. The van der Waals surface area contributed by atoms with Gasteiger partial charge in [-0.1, -0.05) is 18.2 Å². The van der Waals surface area contributed by atoms with E-state index in [0.29, 0.717) is 10.2 Å². The highest BCUT2D eigenvalue weighted by molar-refractivity contribution is 9.10. The molecule has 3 aromatic rings. The van der Waals surface area contributed by atoms with Gasteiger partial charge in [-0.05, 0) is 47.1 Å². The first kappa shape index (κ1) is 19.3. The fourth-order valence-corrected chi connectivity index (χ4v) is 3.65. The number of fused-ring (bicyclic) bond motifs is 1. The Kier molecular flexibility index (Phi) is 5.19. The molecule has 1 N–H and O–H groups in total. The Labute approximate surface area is 162 Å². The van der Waals surface area contributed by atoms with Crippen LogP contribution in [-0.4, -0.2) is 17.1 Å². The molecule has 0 spiro atoms. The monoisotopic (exact) mass is 440 g/mol. The van der Waals surface area contributed by atoms with E-state index < -0.39 is 17.6 Å². The number of amides is 1. The van der Waals surface area contributed by atoms with Crippen LogP contribution < -0.4 is 10.1 Å². The van der Waals surface area contributed by atoms with E-state index in [1.54, 1.807) is 18.5 Å². The van der Waals surface area contributed by atoms with Gasteiger partial charge in [-0.15, -0.1) is 0 Å². The molecule has 0 saturated carbocycles. The van der Waals surface area contributed by atoms with Gasteiger partial charge in [0.2, 0.25) is 0 Å². The molecule has 3 rings (SSSR count). The van der Waals surface area contributed by atoms with E-state index in [1.807, 2.05) is 24.3 Å². The number of nitrogens with zero attached hydrogens (tertiary/aromatic N) is 1. The number of alkyl halides is 3. The van der Waals surface area contributed by atoms with Crippen molar-refractivity contribution in [3.05, 3.63) is 58.2 Å². The third-order valence-electron chi connectivity index (χ3n) is 4.12. The fourth-order valence-electron chi connectivity index (χ4n) is 2.87. The molecule has 0 atom stereocenters. The zero-order valence-corrected chi connectivity index (χ0v) is 16.1. The molecule has 0 saturated heterocycles. The van der Waals surface area contributed by atoms with Crippen molar-refractivity contribution in [1.82, 2.24) is 4.57 Å². The number of aromatic nitrogens is 1. The van der Waals surface area contributed by atoms with Crippen molar-refractivity contribution >= 4 is 38.4 Å². The highest BCUT2D eigenvalue weighted by Gasteiger charge is 2.31. The average molecular weight is 441 g/mol. The van der Waals surface area contributed by atoms with E-state index in [-0.39, 0.29) is 18.0 Å². The Morgan fingerprint density at radius 2 is 1.93 bits per heavy atom. The summed E-state index contributed by atoms with van der Waals surface area (Å²) in [4.78, 5) is 12.8. The van der Waals surface area contributed by atoms with E-state index in [0.717, 1.165) is 23.0 Å². The molecule has 0 fully saturated rings. The predicted molar refractivity (Wildman–Crippen MR) is 101 cm³/mol. The SMILES string of the molecule is CCOc1ccc(C(F)(F)F)cc1NC(=O)c1c(Br)c2ccccc2n1C. The zero-order valence-electron chi connectivity index (χ0n) is 14.5. The van der Waals surface area contributed by atoms with Crippen LogP contribution in [0.4, 0.5) is 18.9 Å². The maximum Gasteiger partial charge on any atom is 0.416 e. The van der Waals surface area contributed by atoms with E-state index >= 15 is 0 Å². The number of ether oxygens (including phenoxy) is 1. The topological polar surface area (TPSA) is 43.3 Å². The van der Waals surface area contributed by atoms with Crippen molar-refractivity contribution in [3.8, 4) is 5.75 Å². The minimum absolute atomic E-state index is 0.0335. The van der Waals surface area contributed by atoms with Gasteiger partial charge in [0.1, 0.15) is 11.4 Å². The summed E-state index contributed by atoms with van der Waals surface area (Å²) in [5, 5.41) is 3.38. The van der Waals surface area contributed by atoms with Crippen molar-refractivity contribution in [3.63, 3.8) is 0 Å². The van der Waals surface area contributed by atoms with Crippen LogP contribution in [0.15, 0.2) is 46.9 Å². The highest BCUT2D eigenvalue weighted by atomic mass is 79.9. The van der Waals surface area contributed by atoms with Crippen LogP contribution in [0.3, 0.4) is 0 Å². The third kappa shape index (κ3) is 3.66. The number of para-hydroxylation sites is 1. The molecule has 142 valence electrons. The quantitative estimate of drug-likeness (QED) is 0.572. The third-order valence-corrected chi connectivity index (χ3v) is 4.92. The smallest absolute Gasteiger partial charge is 0.416 e. The number of benzene rings is 2. The molecule has 1 amide bonds. The molecule has 1 heterocycles. The molecule has 4 nitrogen and oxygen atoms in total. The molecular weight excluding hydrogens is 425 g/mol. The summed E-state index contributed by atoms with van der Waals surface area (Å²) in [5.74, 6) is -0.366. The average Bonchev–Trinajstić information content (AvgIpc) is 2.87. The number of hydrogen-bond donors (Lipinski definition) is 1. The summed E-state index contributed by atoms with van der Waals surface area (Å²) in [6.45, 7) is 1.97. The second-order valence-electron chi connectivity index (χ2n) is 5.83. The Bertz CT molecular complexity index is 973. The lowest BCUT2D eigenvalue weighted by Crippen LogP contribution is -2.17. The predicted octanol–water partition coefficient (Wildman–Crippen LogP) is 5.61. The van der Waals surface area contributed by atoms with Gasteiger partial charge in [0, 0.05) is 18.0 Å².